The standard InChI is InChI=1S/C42H78N4O4/c1-5-9-11-13-15-17-19-21-23-25-33-45(7-3)35-27-37-49-41(47)43-39-29-31-40(32-30-39)44-42(48)50-38-28-36-46(8-4)34-26-24-22-20-18-16-14-12-10-6-2/h29-32H,5-28,33-38H2,1-4H3,(H,43,47)(H,44,48). The highest BCUT2D eigenvalue weighted by molar-refractivity contribution is 5.87. The Morgan fingerprint density at radius 2 is 0.720 bits per heavy atom. The first-order chi connectivity index (χ1) is 24.5. The number of nitrogens with one attached hydrogen (secondary N) is 2. The van der Waals surface area contributed by atoms with E-state index in [4.69, 9.17) is 9.47 Å². The molecule has 8 heteroatoms. The van der Waals surface area contributed by atoms with Crippen LogP contribution in [0.4, 0.5) is 21.0 Å². The summed E-state index contributed by atoms with van der Waals surface area (Å²) in [6, 6.07) is 6.98. The van der Waals surface area contributed by atoms with Gasteiger partial charge in [-0.1, -0.05) is 143 Å². The molecule has 0 atom stereocenters. The van der Waals surface area contributed by atoms with Crippen molar-refractivity contribution in [3.05, 3.63) is 24.3 Å². The molecular formula is C42H78N4O4. The smallest absolute Gasteiger partial charge is 0.411 e. The summed E-state index contributed by atoms with van der Waals surface area (Å²) < 4.78 is 10.8. The second-order valence-corrected chi connectivity index (χ2v) is 14.0. The molecule has 2 N–H and O–H groups in total. The lowest BCUT2D eigenvalue weighted by atomic mass is 10.1. The molecule has 1 aromatic carbocycles. The minimum Gasteiger partial charge on any atom is -0.449 e. The zero-order valence-electron chi connectivity index (χ0n) is 33.1. The van der Waals surface area contributed by atoms with Crippen molar-refractivity contribution in [3.8, 4) is 0 Å². The molecule has 1 aromatic rings. The molecule has 0 aliphatic rings. The molecular weight excluding hydrogens is 624 g/mol. The molecule has 290 valence electrons. The van der Waals surface area contributed by atoms with Gasteiger partial charge in [0.15, 0.2) is 0 Å². The van der Waals surface area contributed by atoms with E-state index in [0.717, 1.165) is 52.1 Å². The normalized spacial score (nSPS) is 11.3. The van der Waals surface area contributed by atoms with Crippen LogP contribution in [0.1, 0.15) is 169 Å². The molecule has 0 bridgehead atoms. The minimum atomic E-state index is -0.461. The van der Waals surface area contributed by atoms with E-state index >= 15 is 0 Å². The Labute approximate surface area is 308 Å². The van der Waals surface area contributed by atoms with Gasteiger partial charge in [0.25, 0.3) is 0 Å². The lowest BCUT2D eigenvalue weighted by Crippen LogP contribution is -2.27. The summed E-state index contributed by atoms with van der Waals surface area (Å²) in [6.07, 6.45) is 27.8. The molecule has 0 unspecified atom stereocenters. The highest BCUT2D eigenvalue weighted by Crippen LogP contribution is 2.15. The van der Waals surface area contributed by atoms with Gasteiger partial charge in [0, 0.05) is 24.5 Å². The topological polar surface area (TPSA) is 83.1 Å². The van der Waals surface area contributed by atoms with Crippen LogP contribution in [0.2, 0.25) is 0 Å². The summed E-state index contributed by atoms with van der Waals surface area (Å²) >= 11 is 0. The summed E-state index contributed by atoms with van der Waals surface area (Å²) in [5.74, 6) is 0. The van der Waals surface area contributed by atoms with Crippen LogP contribution in [0, 0.1) is 0 Å². The van der Waals surface area contributed by atoms with Gasteiger partial charge in [-0.3, -0.25) is 10.6 Å². The molecule has 0 aliphatic heterocycles. The third kappa shape index (κ3) is 27.4. The van der Waals surface area contributed by atoms with E-state index < -0.39 is 12.2 Å². The van der Waals surface area contributed by atoms with Gasteiger partial charge in [-0.25, -0.2) is 9.59 Å². The van der Waals surface area contributed by atoms with Crippen molar-refractivity contribution in [1.82, 2.24) is 9.80 Å². The van der Waals surface area contributed by atoms with Crippen LogP contribution in [0.3, 0.4) is 0 Å². The van der Waals surface area contributed by atoms with Crippen LogP contribution in [0.5, 0.6) is 0 Å². The quantitative estimate of drug-likeness (QED) is 0.0696. The Hall–Kier alpha value is -2.32. The van der Waals surface area contributed by atoms with E-state index in [2.05, 4.69) is 48.1 Å². The molecule has 0 heterocycles. The van der Waals surface area contributed by atoms with Crippen molar-refractivity contribution in [2.45, 2.75) is 169 Å². The Morgan fingerprint density at radius 1 is 0.440 bits per heavy atom. The van der Waals surface area contributed by atoms with Crippen LogP contribution in [-0.4, -0.2) is 74.5 Å². The molecule has 0 aliphatic carbocycles. The molecule has 0 aromatic heterocycles. The van der Waals surface area contributed by atoms with Crippen molar-refractivity contribution in [2.75, 3.05) is 63.1 Å². The first-order valence-electron chi connectivity index (χ1n) is 20.9. The monoisotopic (exact) mass is 703 g/mol. The first kappa shape index (κ1) is 45.7. The number of unbranched alkanes of at least 4 members (excludes halogenated alkanes) is 18. The number of benzene rings is 1. The van der Waals surface area contributed by atoms with Gasteiger partial charge in [0.1, 0.15) is 0 Å². The lowest BCUT2D eigenvalue weighted by molar-refractivity contribution is 0.151. The number of carbonyl (C=O) groups excluding carboxylic acids is 2. The summed E-state index contributed by atoms with van der Waals surface area (Å²) in [5.41, 5.74) is 1.24. The van der Waals surface area contributed by atoms with E-state index in [-0.39, 0.29) is 0 Å². The third-order valence-electron chi connectivity index (χ3n) is 9.63. The third-order valence-corrected chi connectivity index (χ3v) is 9.63. The zero-order chi connectivity index (χ0) is 36.3. The number of amides is 2. The molecule has 8 nitrogen and oxygen atoms in total. The van der Waals surface area contributed by atoms with E-state index in [9.17, 15) is 9.59 Å². The number of nitrogens with zero attached hydrogens (tertiary/aromatic N) is 2. The van der Waals surface area contributed by atoms with Gasteiger partial charge in [-0.2, -0.15) is 0 Å². The van der Waals surface area contributed by atoms with Crippen LogP contribution < -0.4 is 10.6 Å². The number of ether oxygens (including phenoxy) is 2. The van der Waals surface area contributed by atoms with Gasteiger partial charge in [0.05, 0.1) is 13.2 Å². The zero-order valence-corrected chi connectivity index (χ0v) is 33.1. The summed E-state index contributed by atoms with van der Waals surface area (Å²) in [4.78, 5) is 29.5. The van der Waals surface area contributed by atoms with Crippen LogP contribution in [0.15, 0.2) is 24.3 Å². The fourth-order valence-electron chi connectivity index (χ4n) is 6.35. The first-order valence-corrected chi connectivity index (χ1v) is 20.9. The Morgan fingerprint density at radius 3 is 1.02 bits per heavy atom. The second-order valence-electron chi connectivity index (χ2n) is 14.0. The maximum atomic E-state index is 12.3. The number of carbonyl (C=O) groups is 2. The average molecular weight is 703 g/mol. The largest absolute Gasteiger partial charge is 0.449 e. The van der Waals surface area contributed by atoms with Crippen LogP contribution in [0.25, 0.3) is 0 Å². The number of rotatable bonds is 34. The van der Waals surface area contributed by atoms with Gasteiger partial charge < -0.3 is 19.3 Å². The molecule has 0 radical (unpaired) electrons. The summed E-state index contributed by atoms with van der Waals surface area (Å²) in [6.45, 7) is 15.9. The SMILES string of the molecule is CCCCCCCCCCCCN(CC)CCCOC(=O)Nc1ccc(NC(=O)OCCCN(CC)CCCCCCCCCCCC)cc1. The van der Waals surface area contributed by atoms with E-state index in [1.165, 1.54) is 128 Å². The van der Waals surface area contributed by atoms with Crippen molar-refractivity contribution in [1.29, 1.82) is 0 Å². The number of hydrogen-bond donors (Lipinski definition) is 2. The molecule has 2 amide bonds. The van der Waals surface area contributed by atoms with E-state index in [0.29, 0.717) is 24.6 Å². The minimum absolute atomic E-state index is 0.390. The fraction of sp³-hybridized carbons (Fsp3) is 0.810. The maximum Gasteiger partial charge on any atom is 0.411 e. The lowest BCUT2D eigenvalue weighted by Gasteiger charge is -2.20. The number of anilines is 2. The van der Waals surface area contributed by atoms with Gasteiger partial charge in [-0.15, -0.1) is 0 Å². The highest BCUT2D eigenvalue weighted by Gasteiger charge is 2.08. The van der Waals surface area contributed by atoms with Gasteiger partial charge >= 0.3 is 12.2 Å². The maximum absolute atomic E-state index is 12.3. The predicted molar refractivity (Wildman–Crippen MR) is 214 cm³/mol. The molecule has 0 fully saturated rings. The second kappa shape index (κ2) is 33.8. The van der Waals surface area contributed by atoms with Crippen LogP contribution >= 0.6 is 0 Å². The highest BCUT2D eigenvalue weighted by atomic mass is 16.6. The summed E-state index contributed by atoms with van der Waals surface area (Å²) in [7, 11) is 0. The van der Waals surface area contributed by atoms with Crippen LogP contribution in [-0.2, 0) is 9.47 Å². The predicted octanol–water partition coefficient (Wildman–Crippen LogP) is 12.0. The fourth-order valence-corrected chi connectivity index (χ4v) is 6.35. The molecule has 0 saturated carbocycles. The van der Waals surface area contributed by atoms with Crippen molar-refractivity contribution >= 4 is 23.6 Å². The Kier molecular flexibility index (Phi) is 30.9. The molecule has 1 rings (SSSR count). The molecule has 0 spiro atoms. The van der Waals surface area contributed by atoms with Crippen molar-refractivity contribution < 1.29 is 19.1 Å². The molecule has 0 saturated heterocycles. The number of hydrogen-bond acceptors (Lipinski definition) is 6. The van der Waals surface area contributed by atoms with Gasteiger partial charge in [-0.05, 0) is 76.1 Å². The van der Waals surface area contributed by atoms with Gasteiger partial charge in [0.2, 0.25) is 0 Å². The van der Waals surface area contributed by atoms with E-state index in [1.807, 2.05) is 0 Å². The average Bonchev–Trinajstić information content (AvgIpc) is 3.12. The van der Waals surface area contributed by atoms with Crippen molar-refractivity contribution in [2.24, 2.45) is 0 Å². The van der Waals surface area contributed by atoms with E-state index in [1.54, 1.807) is 24.3 Å². The summed E-state index contributed by atoms with van der Waals surface area (Å²) in [5, 5.41) is 5.53. The molecule has 50 heavy (non-hydrogen) atoms. The Balaban J connectivity index is 2.09. The Bertz CT molecular complexity index is 841. The van der Waals surface area contributed by atoms with Crippen molar-refractivity contribution in [3.63, 3.8) is 0 Å².